The standard InChI is InChI=1S/C14H21NO4S/c1-14(19-3,12-18-2)11-15-20(16,17)10-9-13-7-5-4-6-8-13/h4-10,15H,11-12H2,1-3H3/b10-9+. The van der Waals surface area contributed by atoms with Crippen molar-refractivity contribution in [2.24, 2.45) is 0 Å². The molecule has 0 spiro atoms. The normalized spacial score (nSPS) is 15.3. The summed E-state index contributed by atoms with van der Waals surface area (Å²) in [5.74, 6) is 0. The predicted octanol–water partition coefficient (Wildman–Crippen LogP) is 1.63. The fourth-order valence-electron chi connectivity index (χ4n) is 1.52. The first-order valence-corrected chi connectivity index (χ1v) is 7.72. The van der Waals surface area contributed by atoms with E-state index in [1.807, 2.05) is 30.3 Å². The van der Waals surface area contributed by atoms with Crippen LogP contribution < -0.4 is 4.72 Å². The Morgan fingerprint density at radius 2 is 1.90 bits per heavy atom. The molecule has 0 aromatic heterocycles. The summed E-state index contributed by atoms with van der Waals surface area (Å²) >= 11 is 0. The average Bonchev–Trinajstić information content (AvgIpc) is 2.45. The molecule has 1 rings (SSSR count). The number of ether oxygens (including phenoxy) is 2. The lowest BCUT2D eigenvalue weighted by Gasteiger charge is -2.26. The van der Waals surface area contributed by atoms with Crippen molar-refractivity contribution in [3.63, 3.8) is 0 Å². The van der Waals surface area contributed by atoms with Crippen LogP contribution in [0.1, 0.15) is 12.5 Å². The van der Waals surface area contributed by atoms with Gasteiger partial charge in [0.2, 0.25) is 10.0 Å². The van der Waals surface area contributed by atoms with E-state index in [0.29, 0.717) is 6.61 Å². The summed E-state index contributed by atoms with van der Waals surface area (Å²) in [6, 6.07) is 9.23. The highest BCUT2D eigenvalue weighted by molar-refractivity contribution is 7.92. The molecule has 0 aliphatic heterocycles. The van der Waals surface area contributed by atoms with Gasteiger partial charge in [0.15, 0.2) is 0 Å². The van der Waals surface area contributed by atoms with Gasteiger partial charge in [0.05, 0.1) is 6.61 Å². The Labute approximate surface area is 120 Å². The van der Waals surface area contributed by atoms with Crippen molar-refractivity contribution in [1.82, 2.24) is 4.72 Å². The quantitative estimate of drug-likeness (QED) is 0.792. The molecule has 0 fully saturated rings. The highest BCUT2D eigenvalue weighted by Gasteiger charge is 2.25. The monoisotopic (exact) mass is 299 g/mol. The molecule has 1 N–H and O–H groups in total. The van der Waals surface area contributed by atoms with E-state index in [1.165, 1.54) is 7.11 Å². The lowest BCUT2D eigenvalue weighted by molar-refractivity contribution is -0.0460. The summed E-state index contributed by atoms with van der Waals surface area (Å²) in [5.41, 5.74) is 0.131. The molecule has 5 nitrogen and oxygen atoms in total. The Morgan fingerprint density at radius 3 is 2.45 bits per heavy atom. The zero-order chi connectivity index (χ0) is 15.1. The Balaban J connectivity index is 2.64. The highest BCUT2D eigenvalue weighted by atomic mass is 32.2. The van der Waals surface area contributed by atoms with Crippen molar-refractivity contribution in [3.05, 3.63) is 41.3 Å². The average molecular weight is 299 g/mol. The molecule has 112 valence electrons. The molecular weight excluding hydrogens is 278 g/mol. The van der Waals surface area contributed by atoms with Crippen molar-refractivity contribution >= 4 is 16.1 Å². The van der Waals surface area contributed by atoms with Crippen LogP contribution in [0.3, 0.4) is 0 Å². The van der Waals surface area contributed by atoms with E-state index >= 15 is 0 Å². The second-order valence-electron chi connectivity index (χ2n) is 4.67. The minimum absolute atomic E-state index is 0.138. The molecule has 0 heterocycles. The van der Waals surface area contributed by atoms with E-state index in [0.717, 1.165) is 11.0 Å². The summed E-state index contributed by atoms with van der Waals surface area (Å²) in [6.45, 7) is 2.22. The summed E-state index contributed by atoms with van der Waals surface area (Å²) in [6.07, 6.45) is 1.54. The van der Waals surface area contributed by atoms with Gasteiger partial charge in [0.25, 0.3) is 0 Å². The number of methoxy groups -OCH3 is 2. The van der Waals surface area contributed by atoms with Crippen LogP contribution in [-0.2, 0) is 19.5 Å². The zero-order valence-corrected chi connectivity index (χ0v) is 12.8. The van der Waals surface area contributed by atoms with Crippen LogP contribution >= 0.6 is 0 Å². The third kappa shape index (κ3) is 5.83. The molecule has 1 aromatic rings. The Hall–Kier alpha value is -1.21. The molecule has 0 saturated carbocycles. The van der Waals surface area contributed by atoms with Crippen LogP contribution in [0.5, 0.6) is 0 Å². The predicted molar refractivity (Wildman–Crippen MR) is 79.7 cm³/mol. The van der Waals surface area contributed by atoms with Gasteiger partial charge < -0.3 is 9.47 Å². The topological polar surface area (TPSA) is 64.6 Å². The summed E-state index contributed by atoms with van der Waals surface area (Å²) < 4.78 is 36.5. The lowest BCUT2D eigenvalue weighted by atomic mass is 10.1. The van der Waals surface area contributed by atoms with Gasteiger partial charge in [0.1, 0.15) is 5.60 Å². The van der Waals surface area contributed by atoms with Gasteiger partial charge in [-0.2, -0.15) is 0 Å². The fraction of sp³-hybridized carbons (Fsp3) is 0.429. The van der Waals surface area contributed by atoms with E-state index in [1.54, 1.807) is 20.1 Å². The first kappa shape index (κ1) is 16.8. The molecule has 20 heavy (non-hydrogen) atoms. The number of hydrogen-bond donors (Lipinski definition) is 1. The molecule has 6 heteroatoms. The van der Waals surface area contributed by atoms with E-state index < -0.39 is 15.6 Å². The molecule has 0 aliphatic rings. The molecule has 0 radical (unpaired) electrons. The molecule has 0 amide bonds. The molecule has 0 aliphatic carbocycles. The van der Waals surface area contributed by atoms with Crippen LogP contribution in [-0.4, -0.2) is 41.4 Å². The van der Waals surface area contributed by atoms with Crippen molar-refractivity contribution in [2.45, 2.75) is 12.5 Å². The van der Waals surface area contributed by atoms with E-state index in [9.17, 15) is 8.42 Å². The van der Waals surface area contributed by atoms with Gasteiger partial charge in [-0.3, -0.25) is 0 Å². The van der Waals surface area contributed by atoms with Gasteiger partial charge in [-0.15, -0.1) is 0 Å². The second kappa shape index (κ2) is 7.54. The molecule has 0 bridgehead atoms. The van der Waals surface area contributed by atoms with E-state index in [-0.39, 0.29) is 6.54 Å². The SMILES string of the molecule is COCC(C)(CNS(=O)(=O)/C=C/c1ccccc1)OC. The van der Waals surface area contributed by atoms with Crippen LogP contribution in [0, 0.1) is 0 Å². The number of hydrogen-bond acceptors (Lipinski definition) is 4. The summed E-state index contributed by atoms with van der Waals surface area (Å²) in [5, 5.41) is 1.14. The van der Waals surface area contributed by atoms with Crippen LogP contribution in [0.4, 0.5) is 0 Å². The maximum absolute atomic E-state index is 11.9. The van der Waals surface area contributed by atoms with Crippen LogP contribution in [0.2, 0.25) is 0 Å². The summed E-state index contributed by atoms with van der Waals surface area (Å²) in [4.78, 5) is 0. The molecule has 1 unspecified atom stereocenters. The molecular formula is C14H21NO4S. The van der Waals surface area contributed by atoms with Gasteiger partial charge in [-0.1, -0.05) is 30.3 Å². The van der Waals surface area contributed by atoms with Crippen LogP contribution in [0.25, 0.3) is 6.08 Å². The maximum Gasteiger partial charge on any atom is 0.233 e. The molecule has 0 saturated heterocycles. The zero-order valence-electron chi connectivity index (χ0n) is 12.0. The first-order chi connectivity index (χ1) is 9.41. The third-order valence-electron chi connectivity index (χ3n) is 2.83. The van der Waals surface area contributed by atoms with Crippen molar-refractivity contribution < 1.29 is 17.9 Å². The molecule has 1 atom stereocenters. The fourth-order valence-corrected chi connectivity index (χ4v) is 2.46. The number of nitrogens with one attached hydrogen (secondary N) is 1. The van der Waals surface area contributed by atoms with Gasteiger partial charge in [0, 0.05) is 26.2 Å². The Kier molecular flexibility index (Phi) is 6.35. The van der Waals surface area contributed by atoms with Crippen molar-refractivity contribution in [2.75, 3.05) is 27.4 Å². The number of sulfonamides is 1. The number of rotatable bonds is 8. The van der Waals surface area contributed by atoms with E-state index in [4.69, 9.17) is 9.47 Å². The smallest absolute Gasteiger partial charge is 0.233 e. The largest absolute Gasteiger partial charge is 0.382 e. The highest BCUT2D eigenvalue weighted by Crippen LogP contribution is 2.09. The van der Waals surface area contributed by atoms with Gasteiger partial charge in [-0.05, 0) is 18.6 Å². The first-order valence-electron chi connectivity index (χ1n) is 6.18. The Bertz CT molecular complexity index is 527. The Morgan fingerprint density at radius 1 is 1.25 bits per heavy atom. The molecule has 1 aromatic carbocycles. The van der Waals surface area contributed by atoms with Gasteiger partial charge in [-0.25, -0.2) is 13.1 Å². The second-order valence-corrected chi connectivity index (χ2v) is 6.32. The minimum atomic E-state index is -3.51. The van der Waals surface area contributed by atoms with E-state index in [2.05, 4.69) is 4.72 Å². The minimum Gasteiger partial charge on any atom is -0.382 e. The van der Waals surface area contributed by atoms with Gasteiger partial charge >= 0.3 is 0 Å². The van der Waals surface area contributed by atoms with Crippen molar-refractivity contribution in [3.8, 4) is 0 Å². The number of benzene rings is 1. The van der Waals surface area contributed by atoms with Crippen LogP contribution in [0.15, 0.2) is 35.7 Å². The third-order valence-corrected chi connectivity index (χ3v) is 3.87. The summed E-state index contributed by atoms with van der Waals surface area (Å²) in [7, 11) is -0.444. The lowest BCUT2D eigenvalue weighted by Crippen LogP contribution is -2.44. The maximum atomic E-state index is 11.9. The van der Waals surface area contributed by atoms with Crippen molar-refractivity contribution in [1.29, 1.82) is 0 Å².